The summed E-state index contributed by atoms with van der Waals surface area (Å²) in [7, 11) is 0. The Bertz CT molecular complexity index is 155. The maximum atomic E-state index is 2.44. The molecule has 2 aliphatic rings. The zero-order chi connectivity index (χ0) is 9.26. The van der Waals surface area contributed by atoms with Gasteiger partial charge in [0.05, 0.1) is 0 Å². The van der Waals surface area contributed by atoms with Gasteiger partial charge < -0.3 is 0 Å². The Balaban J connectivity index is 1.59. The summed E-state index contributed by atoms with van der Waals surface area (Å²) in [5.74, 6) is 4.42. The molecule has 0 spiro atoms. The van der Waals surface area contributed by atoms with Crippen molar-refractivity contribution >= 4 is 0 Å². The smallest absolute Gasteiger partial charge is 0.0386 e. The minimum atomic E-state index is 1.06. The molecule has 2 aliphatic carbocycles. The third-order valence-electron chi connectivity index (χ3n) is 4.46. The average molecular weight is 180 g/mol. The molecule has 0 bridgehead atoms. The van der Waals surface area contributed by atoms with Crippen LogP contribution in [0.4, 0.5) is 0 Å². The maximum absolute atomic E-state index is 2.44. The highest BCUT2D eigenvalue weighted by Gasteiger charge is 2.34. The molecule has 0 nitrogen and oxygen atoms in total. The monoisotopic (exact) mass is 180 g/mol. The lowest BCUT2D eigenvalue weighted by Crippen LogP contribution is -2.31. The van der Waals surface area contributed by atoms with Crippen molar-refractivity contribution in [2.24, 2.45) is 23.7 Å². The SMILES string of the molecule is CCCC1CC(CC2CCC2C)C1. The molecule has 0 amide bonds. The molecule has 13 heavy (non-hydrogen) atoms. The molecule has 0 saturated heterocycles. The van der Waals surface area contributed by atoms with Gasteiger partial charge in [-0.25, -0.2) is 0 Å². The van der Waals surface area contributed by atoms with Crippen LogP contribution in [-0.2, 0) is 0 Å². The third kappa shape index (κ3) is 2.08. The molecule has 0 aromatic heterocycles. The first kappa shape index (κ1) is 9.55. The molecule has 2 rings (SSSR count). The van der Waals surface area contributed by atoms with Crippen molar-refractivity contribution in [1.82, 2.24) is 0 Å². The van der Waals surface area contributed by atoms with Gasteiger partial charge in [0.2, 0.25) is 0 Å². The summed E-state index contributed by atoms with van der Waals surface area (Å²) in [6.45, 7) is 4.76. The van der Waals surface area contributed by atoms with E-state index in [1.54, 1.807) is 19.3 Å². The van der Waals surface area contributed by atoms with Crippen LogP contribution in [0.2, 0.25) is 0 Å². The first-order valence-electron chi connectivity index (χ1n) is 6.29. The minimum Gasteiger partial charge on any atom is -0.0654 e. The number of hydrogen-bond acceptors (Lipinski definition) is 0. The normalized spacial score (nSPS) is 43.8. The summed E-state index contributed by atoms with van der Waals surface area (Å²) >= 11 is 0. The van der Waals surface area contributed by atoms with E-state index in [0.717, 1.165) is 23.7 Å². The quantitative estimate of drug-likeness (QED) is 0.606. The Hall–Kier alpha value is 0. The van der Waals surface area contributed by atoms with Crippen molar-refractivity contribution in [2.75, 3.05) is 0 Å². The molecule has 0 heterocycles. The number of rotatable bonds is 4. The van der Waals surface area contributed by atoms with Gasteiger partial charge in [-0.1, -0.05) is 33.1 Å². The highest BCUT2D eigenvalue weighted by molar-refractivity contribution is 4.85. The average Bonchev–Trinajstić information content (AvgIpc) is 2.06. The van der Waals surface area contributed by atoms with Gasteiger partial charge in [0.25, 0.3) is 0 Å². The molecule has 0 aromatic rings. The van der Waals surface area contributed by atoms with E-state index in [-0.39, 0.29) is 0 Å². The van der Waals surface area contributed by atoms with Crippen molar-refractivity contribution in [3.8, 4) is 0 Å². The van der Waals surface area contributed by atoms with Gasteiger partial charge in [-0.05, 0) is 49.4 Å². The highest BCUT2D eigenvalue weighted by Crippen LogP contribution is 2.46. The zero-order valence-electron chi connectivity index (χ0n) is 9.26. The predicted octanol–water partition coefficient (Wildman–Crippen LogP) is 4.25. The Labute approximate surface area is 83.1 Å². The molecular weight excluding hydrogens is 156 g/mol. The van der Waals surface area contributed by atoms with Crippen LogP contribution < -0.4 is 0 Å². The molecule has 0 N–H and O–H groups in total. The van der Waals surface area contributed by atoms with E-state index in [2.05, 4.69) is 13.8 Å². The summed E-state index contributed by atoms with van der Waals surface area (Å²) in [5.41, 5.74) is 0. The van der Waals surface area contributed by atoms with Crippen molar-refractivity contribution in [2.45, 2.75) is 58.8 Å². The van der Waals surface area contributed by atoms with E-state index in [9.17, 15) is 0 Å². The molecule has 0 aliphatic heterocycles. The molecule has 0 heteroatoms. The highest BCUT2D eigenvalue weighted by atomic mass is 14.4. The number of hydrogen-bond donors (Lipinski definition) is 0. The second-order valence-corrected chi connectivity index (χ2v) is 5.54. The Morgan fingerprint density at radius 3 is 2.31 bits per heavy atom. The molecule has 0 aromatic carbocycles. The lowest BCUT2D eigenvalue weighted by Gasteiger charge is -2.42. The minimum absolute atomic E-state index is 1.06. The summed E-state index contributed by atoms with van der Waals surface area (Å²) < 4.78 is 0. The van der Waals surface area contributed by atoms with Gasteiger partial charge in [-0.15, -0.1) is 0 Å². The van der Waals surface area contributed by atoms with E-state index in [1.807, 2.05) is 0 Å². The molecule has 2 fully saturated rings. The largest absolute Gasteiger partial charge is 0.0654 e. The zero-order valence-corrected chi connectivity index (χ0v) is 9.26. The van der Waals surface area contributed by atoms with Gasteiger partial charge in [0, 0.05) is 0 Å². The van der Waals surface area contributed by atoms with Crippen molar-refractivity contribution in [3.63, 3.8) is 0 Å². The molecule has 0 radical (unpaired) electrons. The lowest BCUT2D eigenvalue weighted by molar-refractivity contribution is 0.0892. The Kier molecular flexibility index (Phi) is 2.96. The lowest BCUT2D eigenvalue weighted by atomic mass is 9.63. The van der Waals surface area contributed by atoms with E-state index in [4.69, 9.17) is 0 Å². The van der Waals surface area contributed by atoms with Crippen LogP contribution in [0, 0.1) is 23.7 Å². The molecule has 2 saturated carbocycles. The second kappa shape index (κ2) is 4.02. The van der Waals surface area contributed by atoms with Gasteiger partial charge in [0.1, 0.15) is 0 Å². The first-order chi connectivity index (χ1) is 6.29. The van der Waals surface area contributed by atoms with Gasteiger partial charge >= 0.3 is 0 Å². The van der Waals surface area contributed by atoms with Crippen LogP contribution in [0.25, 0.3) is 0 Å². The van der Waals surface area contributed by atoms with Crippen LogP contribution >= 0.6 is 0 Å². The van der Waals surface area contributed by atoms with Crippen LogP contribution in [-0.4, -0.2) is 0 Å². The summed E-state index contributed by atoms with van der Waals surface area (Å²) in [4.78, 5) is 0. The molecule has 76 valence electrons. The molecule has 2 unspecified atom stereocenters. The first-order valence-corrected chi connectivity index (χ1v) is 6.29. The Morgan fingerprint density at radius 2 is 1.85 bits per heavy atom. The van der Waals surface area contributed by atoms with Crippen molar-refractivity contribution in [1.29, 1.82) is 0 Å². The van der Waals surface area contributed by atoms with Gasteiger partial charge in [0.15, 0.2) is 0 Å². The predicted molar refractivity (Wildman–Crippen MR) is 57.6 cm³/mol. The fourth-order valence-electron chi connectivity index (χ4n) is 3.22. The molecular formula is C13H24. The van der Waals surface area contributed by atoms with Crippen molar-refractivity contribution in [3.05, 3.63) is 0 Å². The Morgan fingerprint density at radius 1 is 1.08 bits per heavy atom. The van der Waals surface area contributed by atoms with E-state index >= 15 is 0 Å². The second-order valence-electron chi connectivity index (χ2n) is 5.54. The van der Waals surface area contributed by atoms with Crippen LogP contribution in [0.1, 0.15) is 58.8 Å². The summed E-state index contributed by atoms with van der Waals surface area (Å²) in [5, 5.41) is 0. The van der Waals surface area contributed by atoms with Gasteiger partial charge in [-0.3, -0.25) is 0 Å². The van der Waals surface area contributed by atoms with Crippen LogP contribution in [0.3, 0.4) is 0 Å². The topological polar surface area (TPSA) is 0 Å². The van der Waals surface area contributed by atoms with Crippen LogP contribution in [0.15, 0.2) is 0 Å². The van der Waals surface area contributed by atoms with Gasteiger partial charge in [-0.2, -0.15) is 0 Å². The van der Waals surface area contributed by atoms with Crippen molar-refractivity contribution < 1.29 is 0 Å². The van der Waals surface area contributed by atoms with E-state index in [1.165, 1.54) is 25.7 Å². The van der Waals surface area contributed by atoms with E-state index < -0.39 is 0 Å². The maximum Gasteiger partial charge on any atom is -0.0386 e. The summed E-state index contributed by atoms with van der Waals surface area (Å²) in [6, 6.07) is 0. The fraction of sp³-hybridized carbons (Fsp3) is 1.00. The molecule has 2 atom stereocenters. The third-order valence-corrected chi connectivity index (χ3v) is 4.46. The van der Waals surface area contributed by atoms with Crippen LogP contribution in [0.5, 0.6) is 0 Å². The standard InChI is InChI=1S/C13H24/c1-3-4-11-7-12(8-11)9-13-6-5-10(13)2/h10-13H,3-9H2,1-2H3. The van der Waals surface area contributed by atoms with E-state index in [0.29, 0.717) is 0 Å². The summed E-state index contributed by atoms with van der Waals surface area (Å²) in [6.07, 6.45) is 10.6. The fourth-order valence-corrected chi connectivity index (χ4v) is 3.22.